The molecule has 0 saturated heterocycles. The number of rotatable bonds is 5. The van der Waals surface area contributed by atoms with Crippen LogP contribution in [0.1, 0.15) is 54.8 Å². The Hall–Kier alpha value is -1.89. The Balaban J connectivity index is 2.16. The molecule has 1 aliphatic rings. The molecule has 2 N–H and O–H groups in total. The molecule has 1 fully saturated rings. The highest BCUT2D eigenvalue weighted by molar-refractivity contribution is 7.16. The van der Waals surface area contributed by atoms with Crippen molar-refractivity contribution in [1.82, 2.24) is 0 Å². The lowest BCUT2D eigenvalue weighted by Crippen LogP contribution is -2.36. The Kier molecular flexibility index (Phi) is 5.99. The largest absolute Gasteiger partial charge is 0.481 e. The number of carboxylic acids is 1. The van der Waals surface area contributed by atoms with Crippen molar-refractivity contribution in [2.45, 2.75) is 52.6 Å². The number of nitrogens with one attached hydrogen (secondary N) is 1. The maximum Gasteiger partial charge on any atom is 0.341 e. The van der Waals surface area contributed by atoms with Crippen molar-refractivity contribution in [3.05, 3.63) is 16.5 Å². The number of thiophene rings is 1. The minimum absolute atomic E-state index is 0.254. The monoisotopic (exact) mass is 353 g/mol. The van der Waals surface area contributed by atoms with Crippen molar-refractivity contribution in [3.63, 3.8) is 0 Å². The van der Waals surface area contributed by atoms with Gasteiger partial charge in [0.15, 0.2) is 0 Å². The number of amides is 1. The van der Waals surface area contributed by atoms with Gasteiger partial charge in [-0.1, -0.05) is 12.8 Å². The zero-order chi connectivity index (χ0) is 17.9. The van der Waals surface area contributed by atoms with Gasteiger partial charge in [0.1, 0.15) is 5.00 Å². The van der Waals surface area contributed by atoms with Gasteiger partial charge in [0.2, 0.25) is 5.91 Å². The summed E-state index contributed by atoms with van der Waals surface area (Å²) in [6.07, 6.45) is 2.48. The summed E-state index contributed by atoms with van der Waals surface area (Å²) in [5.74, 6) is -2.97. The first-order chi connectivity index (χ1) is 11.3. The van der Waals surface area contributed by atoms with Crippen LogP contribution in [0.3, 0.4) is 0 Å². The Morgan fingerprint density at radius 2 is 1.88 bits per heavy atom. The fraction of sp³-hybridized carbons (Fsp3) is 0.588. The molecular formula is C17H23NO5S. The highest BCUT2D eigenvalue weighted by atomic mass is 32.1. The van der Waals surface area contributed by atoms with Crippen LogP contribution < -0.4 is 5.32 Å². The third kappa shape index (κ3) is 4.35. The molecule has 0 unspecified atom stereocenters. The second-order valence-electron chi connectivity index (χ2n) is 6.38. The fourth-order valence-corrected chi connectivity index (χ4v) is 3.88. The molecule has 2 rings (SSSR count). The van der Waals surface area contributed by atoms with E-state index in [0.717, 1.165) is 17.7 Å². The molecular weight excluding hydrogens is 330 g/mol. The third-order valence-electron chi connectivity index (χ3n) is 4.07. The van der Waals surface area contributed by atoms with E-state index >= 15 is 0 Å². The molecule has 2 atom stereocenters. The smallest absolute Gasteiger partial charge is 0.341 e. The van der Waals surface area contributed by atoms with E-state index in [2.05, 4.69) is 5.32 Å². The SMILES string of the molecule is Cc1cc(C(=O)OC(C)C)c(NC(=O)[C@@H]2CCCC[C@H]2C(=O)O)s1. The molecule has 0 bridgehead atoms. The third-order valence-corrected chi connectivity index (χ3v) is 5.04. The number of aliphatic carboxylic acids is 1. The highest BCUT2D eigenvalue weighted by Gasteiger charge is 2.36. The van der Waals surface area contributed by atoms with Crippen LogP contribution in [-0.2, 0) is 14.3 Å². The van der Waals surface area contributed by atoms with Crippen LogP contribution in [-0.4, -0.2) is 29.1 Å². The molecule has 1 saturated carbocycles. The Bertz CT molecular complexity index is 637. The van der Waals surface area contributed by atoms with E-state index < -0.39 is 23.8 Å². The van der Waals surface area contributed by atoms with Crippen LogP contribution in [0.25, 0.3) is 0 Å². The number of carbonyl (C=O) groups excluding carboxylic acids is 2. The van der Waals surface area contributed by atoms with Crippen molar-refractivity contribution in [1.29, 1.82) is 0 Å². The van der Waals surface area contributed by atoms with Crippen LogP contribution in [0, 0.1) is 18.8 Å². The molecule has 0 aromatic carbocycles. The van der Waals surface area contributed by atoms with Gasteiger partial charge in [-0.2, -0.15) is 0 Å². The van der Waals surface area contributed by atoms with Crippen LogP contribution in [0.5, 0.6) is 0 Å². The summed E-state index contributed by atoms with van der Waals surface area (Å²) in [6, 6.07) is 1.68. The molecule has 1 aromatic heterocycles. The predicted molar refractivity (Wildman–Crippen MR) is 91.3 cm³/mol. The molecule has 1 aliphatic carbocycles. The van der Waals surface area contributed by atoms with Crippen LogP contribution >= 0.6 is 11.3 Å². The van der Waals surface area contributed by atoms with Crippen molar-refractivity contribution in [3.8, 4) is 0 Å². The average molecular weight is 353 g/mol. The summed E-state index contributed by atoms with van der Waals surface area (Å²) in [5.41, 5.74) is 0.322. The van der Waals surface area contributed by atoms with Gasteiger partial charge in [-0.25, -0.2) is 4.79 Å². The summed E-state index contributed by atoms with van der Waals surface area (Å²) in [6.45, 7) is 5.36. The van der Waals surface area contributed by atoms with Gasteiger partial charge in [0.05, 0.1) is 23.5 Å². The summed E-state index contributed by atoms with van der Waals surface area (Å²) in [4.78, 5) is 37.0. The normalized spacial score (nSPS) is 20.7. The molecule has 0 spiro atoms. The molecule has 1 heterocycles. The topological polar surface area (TPSA) is 92.7 Å². The number of hydrogen-bond acceptors (Lipinski definition) is 5. The molecule has 132 valence electrons. The Morgan fingerprint density at radius 1 is 1.25 bits per heavy atom. The van der Waals surface area contributed by atoms with E-state index in [1.165, 1.54) is 11.3 Å². The van der Waals surface area contributed by atoms with Gasteiger partial charge < -0.3 is 15.2 Å². The van der Waals surface area contributed by atoms with Crippen molar-refractivity contribution < 1.29 is 24.2 Å². The minimum atomic E-state index is -0.934. The molecule has 6 nitrogen and oxygen atoms in total. The minimum Gasteiger partial charge on any atom is -0.481 e. The molecule has 0 radical (unpaired) electrons. The van der Waals surface area contributed by atoms with Crippen molar-refractivity contribution in [2.75, 3.05) is 5.32 Å². The zero-order valence-electron chi connectivity index (χ0n) is 14.1. The van der Waals surface area contributed by atoms with Gasteiger partial charge in [-0.3, -0.25) is 9.59 Å². The fourth-order valence-electron chi connectivity index (χ4n) is 2.98. The van der Waals surface area contributed by atoms with E-state index in [0.29, 0.717) is 23.4 Å². The standard InChI is InChI=1S/C17H23NO5S/c1-9(2)23-17(22)13-8-10(3)24-15(13)18-14(19)11-6-4-5-7-12(11)16(20)21/h8-9,11-12H,4-7H2,1-3H3,(H,18,19)(H,20,21)/t11-,12-/m1/s1. The van der Waals surface area contributed by atoms with Crippen LogP contribution in [0.2, 0.25) is 0 Å². The van der Waals surface area contributed by atoms with Crippen LogP contribution in [0.15, 0.2) is 6.07 Å². The molecule has 0 aliphatic heterocycles. The first kappa shape index (κ1) is 18.4. The second kappa shape index (κ2) is 7.79. The lowest BCUT2D eigenvalue weighted by molar-refractivity contribution is -0.147. The summed E-state index contributed by atoms with van der Waals surface area (Å²) in [7, 11) is 0. The maximum absolute atomic E-state index is 12.6. The zero-order valence-corrected chi connectivity index (χ0v) is 14.9. The first-order valence-corrected chi connectivity index (χ1v) is 8.96. The molecule has 24 heavy (non-hydrogen) atoms. The molecule has 1 aromatic rings. The van der Waals surface area contributed by atoms with Gasteiger partial charge in [-0.15, -0.1) is 11.3 Å². The number of anilines is 1. The second-order valence-corrected chi connectivity index (χ2v) is 7.64. The summed E-state index contributed by atoms with van der Waals surface area (Å²) < 4.78 is 5.20. The van der Waals surface area contributed by atoms with E-state index in [-0.39, 0.29) is 12.0 Å². The van der Waals surface area contributed by atoms with E-state index in [4.69, 9.17) is 4.74 Å². The quantitative estimate of drug-likeness (QED) is 0.791. The van der Waals surface area contributed by atoms with E-state index in [9.17, 15) is 19.5 Å². The van der Waals surface area contributed by atoms with Gasteiger partial charge in [-0.05, 0) is 39.7 Å². The van der Waals surface area contributed by atoms with E-state index in [1.807, 2.05) is 6.92 Å². The van der Waals surface area contributed by atoms with Gasteiger partial charge in [0.25, 0.3) is 0 Å². The van der Waals surface area contributed by atoms with Crippen molar-refractivity contribution >= 4 is 34.2 Å². The van der Waals surface area contributed by atoms with Crippen LogP contribution in [0.4, 0.5) is 5.00 Å². The van der Waals surface area contributed by atoms with E-state index in [1.54, 1.807) is 19.9 Å². The number of aryl methyl sites for hydroxylation is 1. The number of hydrogen-bond donors (Lipinski definition) is 2. The Morgan fingerprint density at radius 3 is 2.46 bits per heavy atom. The Labute approximate surface area is 145 Å². The lowest BCUT2D eigenvalue weighted by atomic mass is 9.79. The van der Waals surface area contributed by atoms with Gasteiger partial charge >= 0.3 is 11.9 Å². The number of carbonyl (C=O) groups is 3. The molecule has 1 amide bonds. The lowest BCUT2D eigenvalue weighted by Gasteiger charge is -2.27. The maximum atomic E-state index is 12.6. The number of esters is 1. The molecule has 7 heteroatoms. The summed E-state index contributed by atoms with van der Waals surface area (Å²) >= 11 is 1.29. The highest BCUT2D eigenvalue weighted by Crippen LogP contribution is 2.34. The number of carboxylic acid groups (broad SMARTS) is 1. The van der Waals surface area contributed by atoms with Crippen molar-refractivity contribution in [2.24, 2.45) is 11.8 Å². The number of ether oxygens (including phenoxy) is 1. The first-order valence-electron chi connectivity index (χ1n) is 8.14. The average Bonchev–Trinajstić information content (AvgIpc) is 2.87. The van der Waals surface area contributed by atoms with Gasteiger partial charge in [0, 0.05) is 4.88 Å². The summed E-state index contributed by atoms with van der Waals surface area (Å²) in [5, 5.41) is 12.5. The predicted octanol–water partition coefficient (Wildman–Crippen LogP) is 3.45.